The number of guanidine groups is 1. The molecule has 2 N–H and O–H groups in total. The van der Waals surface area contributed by atoms with E-state index in [1.54, 1.807) is 24.4 Å². The maximum absolute atomic E-state index is 13.2. The Morgan fingerprint density at radius 2 is 2.15 bits per heavy atom. The Morgan fingerprint density at radius 3 is 2.85 bits per heavy atom. The summed E-state index contributed by atoms with van der Waals surface area (Å²) in [7, 11) is 0. The number of hydrogen-bond donors (Lipinski definition) is 2. The van der Waals surface area contributed by atoms with Crippen molar-refractivity contribution in [1.29, 1.82) is 0 Å². The monoisotopic (exact) mass is 378 g/mol. The van der Waals surface area contributed by atoms with Gasteiger partial charge in [0.25, 0.3) is 0 Å². The van der Waals surface area contributed by atoms with Crippen molar-refractivity contribution >= 4 is 17.6 Å². The summed E-state index contributed by atoms with van der Waals surface area (Å²) in [5.41, 5.74) is 1.10. The summed E-state index contributed by atoms with van der Waals surface area (Å²) < 4.78 is 18.9. The van der Waals surface area contributed by atoms with E-state index in [0.717, 1.165) is 18.5 Å². The molecular weight excluding hydrogens is 355 g/mol. The highest BCUT2D eigenvalue weighted by Crippen LogP contribution is 2.13. The van der Waals surface area contributed by atoms with Crippen LogP contribution in [-0.4, -0.2) is 36.7 Å². The predicted molar refractivity (Wildman–Crippen MR) is 103 cm³/mol. The van der Waals surface area contributed by atoms with Crippen molar-refractivity contribution < 1.29 is 9.13 Å². The van der Waals surface area contributed by atoms with Crippen LogP contribution in [-0.2, 0) is 6.42 Å². The zero-order valence-electron chi connectivity index (χ0n) is 15.0. The molecular formula is C19H24ClFN4O. The first-order valence-electron chi connectivity index (χ1n) is 8.61. The van der Waals surface area contributed by atoms with Crippen molar-refractivity contribution in [2.45, 2.75) is 26.4 Å². The topological polar surface area (TPSA) is 58.5 Å². The average molecular weight is 379 g/mol. The molecule has 0 aliphatic heterocycles. The van der Waals surface area contributed by atoms with E-state index in [-0.39, 0.29) is 11.9 Å². The van der Waals surface area contributed by atoms with Gasteiger partial charge >= 0.3 is 0 Å². The summed E-state index contributed by atoms with van der Waals surface area (Å²) >= 11 is 5.79. The summed E-state index contributed by atoms with van der Waals surface area (Å²) in [5.74, 6) is 0.898. The van der Waals surface area contributed by atoms with Crippen molar-refractivity contribution in [3.05, 3.63) is 59.1 Å². The molecule has 2 aromatic rings. The van der Waals surface area contributed by atoms with E-state index in [4.69, 9.17) is 16.3 Å². The van der Waals surface area contributed by atoms with Crippen LogP contribution >= 0.6 is 11.6 Å². The van der Waals surface area contributed by atoms with Crippen LogP contribution in [0.4, 0.5) is 4.39 Å². The van der Waals surface area contributed by atoms with E-state index in [1.807, 2.05) is 19.9 Å². The maximum atomic E-state index is 13.2. The number of nitrogens with zero attached hydrogens (tertiary/aromatic N) is 2. The first-order chi connectivity index (χ1) is 12.6. The van der Waals surface area contributed by atoms with Crippen LogP contribution in [0.15, 0.2) is 47.6 Å². The second-order valence-electron chi connectivity index (χ2n) is 5.77. The zero-order valence-corrected chi connectivity index (χ0v) is 15.8. The van der Waals surface area contributed by atoms with Gasteiger partial charge in [-0.15, -0.1) is 0 Å². The van der Waals surface area contributed by atoms with Crippen molar-refractivity contribution in [2.24, 2.45) is 4.99 Å². The third-order valence-corrected chi connectivity index (χ3v) is 3.70. The predicted octanol–water partition coefficient (Wildman–Crippen LogP) is 3.44. The number of hydrogen-bond acceptors (Lipinski definition) is 3. The van der Waals surface area contributed by atoms with Crippen LogP contribution in [0.5, 0.6) is 5.75 Å². The lowest BCUT2D eigenvalue weighted by Crippen LogP contribution is -2.39. The maximum Gasteiger partial charge on any atom is 0.191 e. The number of aromatic nitrogens is 1. The van der Waals surface area contributed by atoms with Gasteiger partial charge in [0.15, 0.2) is 5.96 Å². The van der Waals surface area contributed by atoms with Gasteiger partial charge in [0.1, 0.15) is 22.8 Å². The third kappa shape index (κ3) is 7.27. The number of pyridine rings is 1. The molecule has 1 aromatic heterocycles. The van der Waals surface area contributed by atoms with Crippen molar-refractivity contribution in [3.63, 3.8) is 0 Å². The number of halogens is 2. The van der Waals surface area contributed by atoms with E-state index >= 15 is 0 Å². The first kappa shape index (κ1) is 20.0. The highest BCUT2D eigenvalue weighted by molar-refractivity contribution is 6.29. The number of ether oxygens (including phenoxy) is 1. The smallest absolute Gasteiger partial charge is 0.191 e. The van der Waals surface area contributed by atoms with Crippen molar-refractivity contribution in [1.82, 2.24) is 15.6 Å². The Morgan fingerprint density at radius 1 is 1.31 bits per heavy atom. The molecule has 140 valence electrons. The number of nitrogens with one attached hydrogen (secondary N) is 2. The second-order valence-corrected chi connectivity index (χ2v) is 6.16. The molecule has 7 heteroatoms. The van der Waals surface area contributed by atoms with E-state index < -0.39 is 0 Å². The second kappa shape index (κ2) is 10.6. The molecule has 0 spiro atoms. The molecule has 2 rings (SSSR count). The first-order valence-corrected chi connectivity index (χ1v) is 8.99. The number of aliphatic imine (C=N–C) groups is 1. The highest BCUT2D eigenvalue weighted by atomic mass is 35.5. The quantitative estimate of drug-likeness (QED) is 0.419. The molecule has 0 aliphatic carbocycles. The van der Waals surface area contributed by atoms with Crippen LogP contribution in [0.3, 0.4) is 0 Å². The van der Waals surface area contributed by atoms with Gasteiger partial charge in [-0.1, -0.05) is 23.7 Å². The minimum Gasteiger partial charge on any atom is -0.489 e. The molecule has 0 fully saturated rings. The molecule has 0 saturated heterocycles. The van der Waals surface area contributed by atoms with Crippen molar-refractivity contribution in [2.75, 3.05) is 19.6 Å². The van der Waals surface area contributed by atoms with Crippen LogP contribution in [0.1, 0.15) is 19.4 Å². The van der Waals surface area contributed by atoms with Gasteiger partial charge < -0.3 is 15.4 Å². The van der Waals surface area contributed by atoms with E-state index in [1.165, 1.54) is 12.1 Å². The Hall–Kier alpha value is -2.34. The Balaban J connectivity index is 1.81. The molecule has 1 atom stereocenters. The lowest BCUT2D eigenvalue weighted by atomic mass is 10.2. The summed E-state index contributed by atoms with van der Waals surface area (Å²) in [6.07, 6.45) is 2.40. The SMILES string of the molecule is CCNC(=NCC(C)Oc1cccc(F)c1)NCCc1ccc(Cl)nc1. The number of rotatable bonds is 8. The summed E-state index contributed by atoms with van der Waals surface area (Å²) in [5, 5.41) is 6.96. The largest absolute Gasteiger partial charge is 0.489 e. The summed E-state index contributed by atoms with van der Waals surface area (Å²) in [6.45, 7) is 5.83. The zero-order chi connectivity index (χ0) is 18.8. The van der Waals surface area contributed by atoms with E-state index in [9.17, 15) is 4.39 Å². The van der Waals surface area contributed by atoms with Crippen molar-refractivity contribution in [3.8, 4) is 5.75 Å². The number of benzene rings is 1. The molecule has 0 radical (unpaired) electrons. The summed E-state index contributed by atoms with van der Waals surface area (Å²) in [4.78, 5) is 8.58. The molecule has 0 bridgehead atoms. The molecule has 1 aromatic carbocycles. The minimum atomic E-state index is -0.315. The van der Waals surface area contributed by atoms with E-state index in [0.29, 0.717) is 30.0 Å². The van der Waals surface area contributed by atoms with Gasteiger partial charge in [-0.25, -0.2) is 14.4 Å². The molecule has 0 saturated carbocycles. The fourth-order valence-corrected chi connectivity index (χ4v) is 2.36. The molecule has 26 heavy (non-hydrogen) atoms. The van der Waals surface area contributed by atoms with Gasteiger partial charge in [0, 0.05) is 25.4 Å². The van der Waals surface area contributed by atoms with Crippen LogP contribution < -0.4 is 15.4 Å². The van der Waals surface area contributed by atoms with Gasteiger partial charge in [-0.05, 0) is 44.0 Å². The Bertz CT molecular complexity index is 709. The Labute approximate surface area is 158 Å². The highest BCUT2D eigenvalue weighted by Gasteiger charge is 2.05. The van der Waals surface area contributed by atoms with Gasteiger partial charge in [0.05, 0.1) is 6.54 Å². The van der Waals surface area contributed by atoms with E-state index in [2.05, 4.69) is 20.6 Å². The lowest BCUT2D eigenvalue weighted by molar-refractivity contribution is 0.229. The molecule has 0 amide bonds. The molecule has 0 aliphatic rings. The summed E-state index contributed by atoms with van der Waals surface area (Å²) in [6, 6.07) is 9.84. The van der Waals surface area contributed by atoms with Crippen LogP contribution in [0.25, 0.3) is 0 Å². The molecule has 5 nitrogen and oxygen atoms in total. The molecule has 1 unspecified atom stereocenters. The average Bonchev–Trinajstić information content (AvgIpc) is 2.61. The van der Waals surface area contributed by atoms with Gasteiger partial charge in [-0.3, -0.25) is 0 Å². The molecule has 1 heterocycles. The van der Waals surface area contributed by atoms with Crippen LogP contribution in [0.2, 0.25) is 5.15 Å². The normalized spacial score (nSPS) is 12.5. The Kier molecular flexibility index (Phi) is 8.15. The van der Waals surface area contributed by atoms with Crippen LogP contribution in [0, 0.1) is 5.82 Å². The fourth-order valence-electron chi connectivity index (χ4n) is 2.25. The fraction of sp³-hybridized carbons (Fsp3) is 0.368. The van der Waals surface area contributed by atoms with Gasteiger partial charge in [0.2, 0.25) is 0 Å². The minimum absolute atomic E-state index is 0.173. The third-order valence-electron chi connectivity index (χ3n) is 3.48. The standard InChI is InChI=1S/C19H24ClFN4O/c1-3-22-19(23-10-9-15-7-8-18(20)24-13-15)25-12-14(2)26-17-6-4-5-16(21)11-17/h4-8,11,13-14H,3,9-10,12H2,1-2H3,(H2,22,23,25). The van der Waals surface area contributed by atoms with Gasteiger partial charge in [-0.2, -0.15) is 0 Å². The lowest BCUT2D eigenvalue weighted by Gasteiger charge is -2.15.